The van der Waals surface area contributed by atoms with Crippen molar-refractivity contribution in [2.75, 3.05) is 18.9 Å². The highest BCUT2D eigenvalue weighted by molar-refractivity contribution is 6.07. The van der Waals surface area contributed by atoms with Gasteiger partial charge in [0.05, 0.1) is 17.6 Å². The minimum atomic E-state index is -0.448. The van der Waals surface area contributed by atoms with Gasteiger partial charge in [0.25, 0.3) is 0 Å². The SMILES string of the molecule is C/C=C\C(=C/C)OCCn1c(CC)nc2c(N)nc3cc(OCC(=O)C(C)(C)C)ccc3c21.CC. The lowest BCUT2D eigenvalue weighted by Gasteiger charge is -2.17. The van der Waals surface area contributed by atoms with E-state index in [-0.39, 0.29) is 12.4 Å². The Kier molecular flexibility index (Phi) is 9.87. The summed E-state index contributed by atoms with van der Waals surface area (Å²) in [4.78, 5) is 21.6. The van der Waals surface area contributed by atoms with Crippen molar-refractivity contribution in [3.05, 3.63) is 48.0 Å². The minimum Gasteiger partial charge on any atom is -0.492 e. The van der Waals surface area contributed by atoms with E-state index in [1.165, 1.54) is 0 Å². The topological polar surface area (TPSA) is 92.3 Å². The number of nitrogen functional groups attached to an aromatic ring is 1. The van der Waals surface area contributed by atoms with Gasteiger partial charge < -0.3 is 19.8 Å². The second kappa shape index (κ2) is 12.4. The van der Waals surface area contributed by atoms with E-state index in [1.807, 2.05) is 84.9 Å². The van der Waals surface area contributed by atoms with Crippen LogP contribution in [-0.2, 0) is 22.5 Å². The molecule has 0 aliphatic heterocycles. The zero-order chi connectivity index (χ0) is 26.2. The summed E-state index contributed by atoms with van der Waals surface area (Å²) in [6, 6.07) is 5.64. The number of ketones is 1. The van der Waals surface area contributed by atoms with Gasteiger partial charge in [0.1, 0.15) is 36.1 Å². The number of nitrogens with two attached hydrogens (primary N) is 1. The van der Waals surface area contributed by atoms with E-state index in [2.05, 4.69) is 16.5 Å². The molecular formula is C28H40N4O3. The Bertz CT molecular complexity index is 1220. The fourth-order valence-electron chi connectivity index (χ4n) is 3.55. The molecule has 35 heavy (non-hydrogen) atoms. The molecule has 0 amide bonds. The van der Waals surface area contributed by atoms with Crippen LogP contribution in [0.1, 0.15) is 61.2 Å². The van der Waals surface area contributed by atoms with Crippen LogP contribution in [0.15, 0.2) is 42.2 Å². The van der Waals surface area contributed by atoms with Crippen molar-refractivity contribution in [2.45, 2.75) is 68.4 Å². The van der Waals surface area contributed by atoms with Gasteiger partial charge in [0, 0.05) is 23.3 Å². The molecule has 190 valence electrons. The van der Waals surface area contributed by atoms with Crippen LogP contribution in [0.25, 0.3) is 21.9 Å². The highest BCUT2D eigenvalue weighted by Gasteiger charge is 2.22. The van der Waals surface area contributed by atoms with E-state index in [9.17, 15) is 4.79 Å². The number of ether oxygens (including phenoxy) is 2. The molecule has 0 atom stereocenters. The Morgan fingerprint density at radius 1 is 1.17 bits per heavy atom. The minimum absolute atomic E-state index is 0.0154. The van der Waals surface area contributed by atoms with Crippen LogP contribution in [0.4, 0.5) is 5.82 Å². The highest BCUT2D eigenvalue weighted by Crippen LogP contribution is 2.31. The molecule has 0 aliphatic carbocycles. The van der Waals surface area contributed by atoms with Gasteiger partial charge in [-0.15, -0.1) is 0 Å². The second-order valence-electron chi connectivity index (χ2n) is 8.91. The van der Waals surface area contributed by atoms with E-state index in [0.29, 0.717) is 35.8 Å². The number of carbonyl (C=O) groups is 1. The van der Waals surface area contributed by atoms with Crippen molar-refractivity contribution in [2.24, 2.45) is 5.41 Å². The molecule has 0 saturated heterocycles. The molecule has 1 aromatic carbocycles. The fourth-order valence-corrected chi connectivity index (χ4v) is 3.55. The number of imidazole rings is 1. The molecule has 3 aromatic rings. The number of fused-ring (bicyclic) bond motifs is 3. The predicted octanol–water partition coefficient (Wildman–Crippen LogP) is 6.25. The van der Waals surface area contributed by atoms with Crippen molar-refractivity contribution in [3.8, 4) is 5.75 Å². The Labute approximate surface area is 209 Å². The first-order valence-corrected chi connectivity index (χ1v) is 12.4. The molecule has 0 aliphatic rings. The van der Waals surface area contributed by atoms with Crippen LogP contribution < -0.4 is 10.5 Å². The van der Waals surface area contributed by atoms with Crippen molar-refractivity contribution in [1.29, 1.82) is 0 Å². The quantitative estimate of drug-likeness (QED) is 0.288. The maximum atomic E-state index is 12.2. The number of nitrogens with zero attached hydrogens (tertiary/aromatic N) is 3. The molecule has 2 aromatic heterocycles. The number of aryl methyl sites for hydroxylation is 1. The third kappa shape index (κ3) is 6.62. The summed E-state index contributed by atoms with van der Waals surface area (Å²) in [5.74, 6) is 2.75. The van der Waals surface area contributed by atoms with Gasteiger partial charge in [-0.1, -0.05) is 47.6 Å². The summed E-state index contributed by atoms with van der Waals surface area (Å²) in [6.45, 7) is 16.8. The lowest BCUT2D eigenvalue weighted by atomic mass is 9.91. The van der Waals surface area contributed by atoms with E-state index >= 15 is 0 Å². The normalized spacial score (nSPS) is 12.2. The number of allylic oxidation sites excluding steroid dienone is 3. The van der Waals surface area contributed by atoms with Gasteiger partial charge in [-0.2, -0.15) is 0 Å². The average molecular weight is 481 g/mol. The molecule has 2 N–H and O–H groups in total. The lowest BCUT2D eigenvalue weighted by Crippen LogP contribution is -2.26. The molecule has 7 heteroatoms. The number of anilines is 1. The molecule has 0 fully saturated rings. The number of hydrogen-bond donors (Lipinski definition) is 1. The summed E-state index contributed by atoms with van der Waals surface area (Å²) in [6.07, 6.45) is 6.59. The smallest absolute Gasteiger partial charge is 0.175 e. The standard InChI is InChI=1S/C26H34N4O3.C2H6/c1-7-10-17(8-2)32-14-13-30-22(9-3)29-23-24(30)19-12-11-18(15-20(19)28-25(23)27)33-16-21(31)26(4,5)6;1-2/h7-8,10-12,15H,9,13-14,16H2,1-6H3,(H2,27,28);1-2H3/b10-7-,17-8+;. The maximum Gasteiger partial charge on any atom is 0.175 e. The van der Waals surface area contributed by atoms with Crippen LogP contribution >= 0.6 is 0 Å². The number of carbonyl (C=O) groups excluding carboxylic acids is 1. The number of pyridine rings is 1. The molecule has 3 rings (SSSR count). The average Bonchev–Trinajstić information content (AvgIpc) is 3.22. The third-order valence-electron chi connectivity index (χ3n) is 5.48. The largest absolute Gasteiger partial charge is 0.492 e. The molecule has 0 saturated carbocycles. The summed E-state index contributed by atoms with van der Waals surface area (Å²) in [5, 5.41) is 0.931. The third-order valence-corrected chi connectivity index (χ3v) is 5.48. The molecular weight excluding hydrogens is 440 g/mol. The molecule has 0 bridgehead atoms. The van der Waals surface area contributed by atoms with Gasteiger partial charge in [-0.25, -0.2) is 9.97 Å². The molecule has 7 nitrogen and oxygen atoms in total. The Morgan fingerprint density at radius 3 is 2.49 bits per heavy atom. The zero-order valence-electron chi connectivity index (χ0n) is 22.4. The van der Waals surface area contributed by atoms with Crippen LogP contribution in [0.3, 0.4) is 0 Å². The van der Waals surface area contributed by atoms with E-state index < -0.39 is 5.41 Å². The number of Topliss-reactive ketones (excluding diaryl/α,β-unsaturated/α-hetero) is 1. The Hall–Kier alpha value is -3.35. The van der Waals surface area contributed by atoms with Crippen molar-refractivity contribution in [3.63, 3.8) is 0 Å². The van der Waals surface area contributed by atoms with Crippen LogP contribution in [-0.4, -0.2) is 33.5 Å². The fraction of sp³-hybridized carbons (Fsp3) is 0.464. The first-order chi connectivity index (χ1) is 16.7. The van der Waals surface area contributed by atoms with Crippen molar-refractivity contribution >= 4 is 33.5 Å². The number of rotatable bonds is 9. The summed E-state index contributed by atoms with van der Waals surface area (Å²) in [5.41, 5.74) is 8.17. The van der Waals surface area contributed by atoms with Crippen molar-refractivity contribution < 1.29 is 14.3 Å². The van der Waals surface area contributed by atoms with Gasteiger partial charge in [0.15, 0.2) is 11.6 Å². The van der Waals surface area contributed by atoms with Gasteiger partial charge >= 0.3 is 0 Å². The number of aromatic nitrogens is 3. The predicted molar refractivity (Wildman–Crippen MR) is 145 cm³/mol. The summed E-state index contributed by atoms with van der Waals surface area (Å²) >= 11 is 0. The van der Waals surface area contributed by atoms with E-state index in [1.54, 1.807) is 0 Å². The van der Waals surface area contributed by atoms with Gasteiger partial charge in [-0.05, 0) is 38.1 Å². The molecule has 2 heterocycles. The van der Waals surface area contributed by atoms with E-state index in [4.69, 9.17) is 20.2 Å². The van der Waals surface area contributed by atoms with Crippen LogP contribution in [0.2, 0.25) is 0 Å². The van der Waals surface area contributed by atoms with Crippen LogP contribution in [0, 0.1) is 5.41 Å². The van der Waals surface area contributed by atoms with E-state index in [0.717, 1.165) is 28.9 Å². The van der Waals surface area contributed by atoms with Gasteiger partial charge in [-0.3, -0.25) is 4.79 Å². The van der Waals surface area contributed by atoms with Gasteiger partial charge in [0.2, 0.25) is 0 Å². The monoisotopic (exact) mass is 480 g/mol. The summed E-state index contributed by atoms with van der Waals surface area (Å²) < 4.78 is 13.8. The number of benzene rings is 1. The first-order valence-electron chi connectivity index (χ1n) is 12.4. The first kappa shape index (κ1) is 27.9. The molecule has 0 spiro atoms. The summed E-state index contributed by atoms with van der Waals surface area (Å²) in [7, 11) is 0. The lowest BCUT2D eigenvalue weighted by molar-refractivity contribution is -0.128. The van der Waals surface area contributed by atoms with Crippen molar-refractivity contribution in [1.82, 2.24) is 14.5 Å². The molecule has 0 unspecified atom stereocenters. The number of hydrogen-bond acceptors (Lipinski definition) is 6. The molecule has 0 radical (unpaired) electrons. The Balaban J connectivity index is 0.00000210. The Morgan fingerprint density at radius 2 is 1.89 bits per heavy atom. The zero-order valence-corrected chi connectivity index (χ0v) is 22.4. The van der Waals surface area contributed by atoms with Crippen LogP contribution in [0.5, 0.6) is 5.75 Å². The highest BCUT2D eigenvalue weighted by atomic mass is 16.5. The maximum absolute atomic E-state index is 12.2. The second-order valence-corrected chi connectivity index (χ2v) is 8.91.